The van der Waals surface area contributed by atoms with Crippen LogP contribution in [0.3, 0.4) is 0 Å². The van der Waals surface area contributed by atoms with Gasteiger partial charge in [0.1, 0.15) is 0 Å². The van der Waals surface area contributed by atoms with Gasteiger partial charge >= 0.3 is 0 Å². The lowest BCUT2D eigenvalue weighted by Crippen LogP contribution is -2.43. The molecule has 0 heterocycles. The molecule has 0 saturated heterocycles. The van der Waals surface area contributed by atoms with Gasteiger partial charge in [0.15, 0.2) is 0 Å². The lowest BCUT2D eigenvalue weighted by molar-refractivity contribution is 0.171. The zero-order valence-electron chi connectivity index (χ0n) is 10.2. The molecule has 0 aromatic carbocycles. The SMILES string of the molecule is CNC1CCCCC1CN(C)C(C)C. The van der Waals surface area contributed by atoms with E-state index in [0.29, 0.717) is 6.04 Å². The van der Waals surface area contributed by atoms with Crippen molar-refractivity contribution >= 4 is 0 Å². The van der Waals surface area contributed by atoms with Crippen LogP contribution in [0.1, 0.15) is 39.5 Å². The molecule has 14 heavy (non-hydrogen) atoms. The fourth-order valence-corrected chi connectivity index (χ4v) is 2.39. The van der Waals surface area contributed by atoms with E-state index in [1.165, 1.54) is 32.2 Å². The second-order valence-electron chi connectivity index (χ2n) is 4.97. The lowest BCUT2D eigenvalue weighted by atomic mass is 9.84. The van der Waals surface area contributed by atoms with Crippen molar-refractivity contribution in [3.05, 3.63) is 0 Å². The molecule has 1 aliphatic carbocycles. The molecule has 0 aliphatic heterocycles. The van der Waals surface area contributed by atoms with Crippen LogP contribution in [0.25, 0.3) is 0 Å². The summed E-state index contributed by atoms with van der Waals surface area (Å²) in [5.41, 5.74) is 0. The molecule has 2 unspecified atom stereocenters. The molecule has 84 valence electrons. The van der Waals surface area contributed by atoms with Crippen molar-refractivity contribution in [2.45, 2.75) is 51.6 Å². The Kier molecular flexibility index (Phi) is 4.90. The van der Waals surface area contributed by atoms with Crippen molar-refractivity contribution in [3.63, 3.8) is 0 Å². The first-order valence-electron chi connectivity index (χ1n) is 6.02. The van der Waals surface area contributed by atoms with Crippen LogP contribution < -0.4 is 5.32 Å². The maximum atomic E-state index is 3.47. The summed E-state index contributed by atoms with van der Waals surface area (Å²) in [6, 6.07) is 1.43. The molecule has 1 aliphatic rings. The predicted molar refractivity (Wildman–Crippen MR) is 62.6 cm³/mol. The highest BCUT2D eigenvalue weighted by molar-refractivity contribution is 4.82. The first-order chi connectivity index (χ1) is 6.65. The van der Waals surface area contributed by atoms with Crippen LogP contribution >= 0.6 is 0 Å². The highest BCUT2D eigenvalue weighted by atomic mass is 15.1. The first-order valence-corrected chi connectivity index (χ1v) is 6.02. The van der Waals surface area contributed by atoms with Gasteiger partial charge in [0.2, 0.25) is 0 Å². The average Bonchev–Trinajstić information content (AvgIpc) is 2.18. The van der Waals surface area contributed by atoms with Crippen molar-refractivity contribution in [2.24, 2.45) is 5.92 Å². The van der Waals surface area contributed by atoms with Crippen LogP contribution in [0.5, 0.6) is 0 Å². The predicted octanol–water partition coefficient (Wildman–Crippen LogP) is 2.10. The van der Waals surface area contributed by atoms with E-state index in [0.717, 1.165) is 12.0 Å². The average molecular weight is 198 g/mol. The Morgan fingerprint density at radius 2 is 1.93 bits per heavy atom. The molecule has 1 rings (SSSR count). The summed E-state index contributed by atoms with van der Waals surface area (Å²) in [5, 5.41) is 3.47. The zero-order chi connectivity index (χ0) is 10.6. The Hall–Kier alpha value is -0.0800. The van der Waals surface area contributed by atoms with Crippen LogP contribution in [0.2, 0.25) is 0 Å². The molecule has 0 aromatic rings. The topological polar surface area (TPSA) is 15.3 Å². The van der Waals surface area contributed by atoms with Gasteiger partial charge in [0, 0.05) is 18.6 Å². The summed E-state index contributed by atoms with van der Waals surface area (Å²) in [6.45, 7) is 5.80. The van der Waals surface area contributed by atoms with E-state index in [1.807, 2.05) is 0 Å². The van der Waals surface area contributed by atoms with Crippen LogP contribution in [0.15, 0.2) is 0 Å². The standard InChI is InChI=1S/C12H26N2/c1-10(2)14(4)9-11-7-5-6-8-12(11)13-3/h10-13H,5-9H2,1-4H3. The molecule has 0 amide bonds. The van der Waals surface area contributed by atoms with Crippen molar-refractivity contribution in [3.8, 4) is 0 Å². The normalized spacial score (nSPS) is 28.7. The summed E-state index contributed by atoms with van der Waals surface area (Å²) in [4.78, 5) is 2.47. The summed E-state index contributed by atoms with van der Waals surface area (Å²) >= 11 is 0. The lowest BCUT2D eigenvalue weighted by Gasteiger charge is -2.35. The molecule has 0 radical (unpaired) electrons. The number of hydrogen-bond acceptors (Lipinski definition) is 2. The summed E-state index contributed by atoms with van der Waals surface area (Å²) in [6.07, 6.45) is 5.61. The van der Waals surface area contributed by atoms with E-state index in [1.54, 1.807) is 0 Å². The third-order valence-corrected chi connectivity index (χ3v) is 3.68. The van der Waals surface area contributed by atoms with Crippen LogP contribution in [0, 0.1) is 5.92 Å². The molecule has 0 aromatic heterocycles. The molecular formula is C12H26N2. The minimum absolute atomic E-state index is 0.675. The molecule has 1 saturated carbocycles. The highest BCUT2D eigenvalue weighted by Gasteiger charge is 2.24. The Morgan fingerprint density at radius 3 is 2.50 bits per heavy atom. The van der Waals surface area contributed by atoms with Crippen LogP contribution in [-0.2, 0) is 0 Å². The van der Waals surface area contributed by atoms with Gasteiger partial charge in [-0.15, -0.1) is 0 Å². The monoisotopic (exact) mass is 198 g/mol. The van der Waals surface area contributed by atoms with Gasteiger partial charge < -0.3 is 10.2 Å². The highest BCUT2D eigenvalue weighted by Crippen LogP contribution is 2.25. The second-order valence-corrected chi connectivity index (χ2v) is 4.97. The molecule has 1 fully saturated rings. The van der Waals surface area contributed by atoms with Gasteiger partial charge in [-0.3, -0.25) is 0 Å². The molecule has 1 N–H and O–H groups in total. The van der Waals surface area contributed by atoms with E-state index >= 15 is 0 Å². The summed E-state index contributed by atoms with van der Waals surface area (Å²) in [5.74, 6) is 0.862. The van der Waals surface area contributed by atoms with Crippen LogP contribution in [0.4, 0.5) is 0 Å². The summed E-state index contributed by atoms with van der Waals surface area (Å²) in [7, 11) is 4.35. The van der Waals surface area contributed by atoms with E-state index in [9.17, 15) is 0 Å². The molecule has 2 atom stereocenters. The van der Waals surface area contributed by atoms with Gasteiger partial charge in [-0.25, -0.2) is 0 Å². The Morgan fingerprint density at radius 1 is 1.29 bits per heavy atom. The van der Waals surface area contributed by atoms with Gasteiger partial charge in [0.05, 0.1) is 0 Å². The minimum atomic E-state index is 0.675. The van der Waals surface area contributed by atoms with E-state index < -0.39 is 0 Å². The summed E-state index contributed by atoms with van der Waals surface area (Å²) < 4.78 is 0. The van der Waals surface area contributed by atoms with E-state index in [-0.39, 0.29) is 0 Å². The number of nitrogens with zero attached hydrogens (tertiary/aromatic N) is 1. The Balaban J connectivity index is 2.40. The van der Waals surface area contributed by atoms with E-state index in [4.69, 9.17) is 0 Å². The number of rotatable bonds is 4. The molecule has 0 spiro atoms. The molecular weight excluding hydrogens is 172 g/mol. The van der Waals surface area contributed by atoms with Crippen LogP contribution in [-0.4, -0.2) is 37.6 Å². The number of nitrogens with one attached hydrogen (secondary N) is 1. The Bertz CT molecular complexity index is 156. The zero-order valence-corrected chi connectivity index (χ0v) is 10.2. The molecule has 2 heteroatoms. The van der Waals surface area contributed by atoms with Crippen molar-refractivity contribution in [2.75, 3.05) is 20.6 Å². The van der Waals surface area contributed by atoms with Gasteiger partial charge in [0.25, 0.3) is 0 Å². The quantitative estimate of drug-likeness (QED) is 0.744. The number of hydrogen-bond donors (Lipinski definition) is 1. The maximum absolute atomic E-state index is 3.47. The minimum Gasteiger partial charge on any atom is -0.317 e. The fourth-order valence-electron chi connectivity index (χ4n) is 2.39. The third kappa shape index (κ3) is 3.25. The Labute approximate surface area is 89.1 Å². The largest absolute Gasteiger partial charge is 0.317 e. The molecule has 0 bridgehead atoms. The van der Waals surface area contributed by atoms with Gasteiger partial charge in [-0.2, -0.15) is 0 Å². The van der Waals surface area contributed by atoms with Crippen molar-refractivity contribution < 1.29 is 0 Å². The molecule has 2 nitrogen and oxygen atoms in total. The third-order valence-electron chi connectivity index (χ3n) is 3.68. The first kappa shape index (κ1) is 12.0. The van der Waals surface area contributed by atoms with Gasteiger partial charge in [-0.05, 0) is 46.7 Å². The second kappa shape index (κ2) is 5.72. The maximum Gasteiger partial charge on any atom is 0.0104 e. The van der Waals surface area contributed by atoms with E-state index in [2.05, 4.69) is 38.2 Å². The van der Waals surface area contributed by atoms with Gasteiger partial charge in [-0.1, -0.05) is 12.8 Å². The van der Waals surface area contributed by atoms with Crippen molar-refractivity contribution in [1.82, 2.24) is 10.2 Å². The van der Waals surface area contributed by atoms with Crippen molar-refractivity contribution in [1.29, 1.82) is 0 Å². The smallest absolute Gasteiger partial charge is 0.0104 e. The fraction of sp³-hybridized carbons (Fsp3) is 1.00.